The summed E-state index contributed by atoms with van der Waals surface area (Å²) < 4.78 is 5.15. The Morgan fingerprint density at radius 1 is 1.24 bits per heavy atom. The van der Waals surface area contributed by atoms with Crippen LogP contribution in [0.4, 0.5) is 0 Å². The number of hydrogen-bond donors (Lipinski definition) is 1. The quantitative estimate of drug-likeness (QED) is 0.808. The Bertz CT molecular complexity index is 406. The minimum Gasteiger partial charge on any atom is -0.468 e. The minimum absolute atomic E-state index is 0.0439. The molecule has 2 saturated carbocycles. The molecule has 120 valence electrons. The lowest BCUT2D eigenvalue weighted by molar-refractivity contribution is -0.151. The average molecular weight is 294 g/mol. The lowest BCUT2D eigenvalue weighted by atomic mass is 9.78. The Balaban J connectivity index is 1.71. The highest BCUT2D eigenvalue weighted by atomic mass is 16.5. The Hall–Kier alpha value is -0.610. The zero-order valence-electron chi connectivity index (χ0n) is 13.8. The predicted octanol–water partition coefficient (Wildman–Crippen LogP) is 2.32. The molecular weight excluding hydrogens is 264 g/mol. The highest BCUT2D eigenvalue weighted by Gasteiger charge is 2.48. The molecule has 4 heteroatoms. The zero-order valence-corrected chi connectivity index (χ0v) is 13.8. The van der Waals surface area contributed by atoms with Gasteiger partial charge in [-0.15, -0.1) is 0 Å². The van der Waals surface area contributed by atoms with Crippen LogP contribution in [0.2, 0.25) is 0 Å². The second-order valence-corrected chi connectivity index (χ2v) is 8.13. The van der Waals surface area contributed by atoms with Crippen LogP contribution in [0.15, 0.2) is 0 Å². The van der Waals surface area contributed by atoms with Gasteiger partial charge in [-0.1, -0.05) is 13.8 Å². The van der Waals surface area contributed by atoms with Crippen molar-refractivity contribution < 1.29 is 9.53 Å². The summed E-state index contributed by atoms with van der Waals surface area (Å²) in [6.07, 6.45) is 7.89. The molecule has 3 fully saturated rings. The molecule has 0 bridgehead atoms. The molecule has 0 aromatic heterocycles. The molecule has 3 rings (SSSR count). The van der Waals surface area contributed by atoms with E-state index in [1.807, 2.05) is 0 Å². The highest BCUT2D eigenvalue weighted by Crippen LogP contribution is 2.39. The van der Waals surface area contributed by atoms with Crippen molar-refractivity contribution in [1.82, 2.24) is 10.2 Å². The molecule has 2 unspecified atom stereocenters. The first-order valence-electron chi connectivity index (χ1n) is 8.54. The molecule has 1 N–H and O–H groups in total. The highest BCUT2D eigenvalue weighted by molar-refractivity contribution is 5.81. The SMILES string of the molecule is COC(=O)C1(NC2CC2)CCCC(N2CCC(C)(C)C2)C1. The second-order valence-electron chi connectivity index (χ2n) is 8.13. The van der Waals surface area contributed by atoms with Crippen molar-refractivity contribution >= 4 is 5.97 Å². The standard InChI is InChI=1S/C17H30N2O2/c1-16(2)9-10-19(12-16)14-5-4-8-17(11-14,15(20)21-3)18-13-6-7-13/h13-14,18H,4-12H2,1-3H3. The first kappa shape index (κ1) is 15.3. The van der Waals surface area contributed by atoms with Crippen LogP contribution >= 0.6 is 0 Å². The van der Waals surface area contributed by atoms with E-state index in [1.165, 1.54) is 45.9 Å². The molecule has 0 amide bonds. The van der Waals surface area contributed by atoms with Gasteiger partial charge in [-0.3, -0.25) is 15.0 Å². The number of ether oxygens (including phenoxy) is 1. The van der Waals surface area contributed by atoms with Crippen molar-refractivity contribution in [2.24, 2.45) is 5.41 Å². The number of carbonyl (C=O) groups excluding carboxylic acids is 1. The third-order valence-electron chi connectivity index (χ3n) is 5.58. The van der Waals surface area contributed by atoms with Crippen LogP contribution < -0.4 is 5.32 Å². The molecule has 0 aromatic rings. The van der Waals surface area contributed by atoms with E-state index >= 15 is 0 Å². The van der Waals surface area contributed by atoms with Crippen LogP contribution in [0.3, 0.4) is 0 Å². The molecule has 4 nitrogen and oxygen atoms in total. The number of hydrogen-bond acceptors (Lipinski definition) is 4. The minimum atomic E-state index is -0.425. The summed E-state index contributed by atoms with van der Waals surface area (Å²) in [6, 6.07) is 1.07. The molecule has 3 aliphatic rings. The fraction of sp³-hybridized carbons (Fsp3) is 0.941. The summed E-state index contributed by atoms with van der Waals surface area (Å²) in [5.74, 6) is -0.0439. The van der Waals surface area contributed by atoms with Gasteiger partial charge in [0.05, 0.1) is 7.11 Å². The van der Waals surface area contributed by atoms with Gasteiger partial charge in [0, 0.05) is 18.6 Å². The van der Waals surface area contributed by atoms with Gasteiger partial charge in [0.1, 0.15) is 5.54 Å². The Morgan fingerprint density at radius 3 is 2.57 bits per heavy atom. The van der Waals surface area contributed by atoms with Gasteiger partial charge in [-0.05, 0) is 56.9 Å². The number of nitrogens with zero attached hydrogens (tertiary/aromatic N) is 1. The third kappa shape index (κ3) is 3.26. The summed E-state index contributed by atoms with van der Waals surface area (Å²) in [5.41, 5.74) is 0.000853. The molecular formula is C17H30N2O2. The number of nitrogens with one attached hydrogen (secondary N) is 1. The van der Waals surface area contributed by atoms with Crippen LogP contribution in [0, 0.1) is 5.41 Å². The summed E-state index contributed by atoms with van der Waals surface area (Å²) in [4.78, 5) is 15.1. The van der Waals surface area contributed by atoms with Gasteiger partial charge in [-0.2, -0.15) is 0 Å². The molecule has 1 heterocycles. The summed E-state index contributed by atoms with van der Waals surface area (Å²) in [5, 5.41) is 3.63. The number of likely N-dealkylation sites (tertiary alicyclic amines) is 1. The van der Waals surface area contributed by atoms with Crippen molar-refractivity contribution in [3.63, 3.8) is 0 Å². The van der Waals surface area contributed by atoms with Crippen LogP contribution in [0.25, 0.3) is 0 Å². The smallest absolute Gasteiger partial charge is 0.326 e. The first-order valence-corrected chi connectivity index (χ1v) is 8.54. The molecule has 21 heavy (non-hydrogen) atoms. The number of rotatable bonds is 4. The maximum absolute atomic E-state index is 12.4. The van der Waals surface area contributed by atoms with Gasteiger partial charge in [0.2, 0.25) is 0 Å². The number of methoxy groups -OCH3 is 1. The lowest BCUT2D eigenvalue weighted by Gasteiger charge is -2.43. The van der Waals surface area contributed by atoms with Crippen molar-refractivity contribution in [2.45, 2.75) is 76.4 Å². The van der Waals surface area contributed by atoms with E-state index in [2.05, 4.69) is 24.1 Å². The second kappa shape index (κ2) is 5.54. The van der Waals surface area contributed by atoms with E-state index in [0.717, 1.165) is 19.3 Å². The van der Waals surface area contributed by atoms with Gasteiger partial charge in [0.25, 0.3) is 0 Å². The Labute approximate surface area is 128 Å². The molecule has 0 spiro atoms. The molecule has 1 saturated heterocycles. The molecule has 2 aliphatic carbocycles. The molecule has 0 aromatic carbocycles. The predicted molar refractivity (Wildman–Crippen MR) is 83.1 cm³/mol. The number of esters is 1. The van der Waals surface area contributed by atoms with Gasteiger partial charge < -0.3 is 4.74 Å². The van der Waals surface area contributed by atoms with Crippen LogP contribution in [-0.2, 0) is 9.53 Å². The largest absolute Gasteiger partial charge is 0.468 e. The fourth-order valence-electron chi connectivity index (χ4n) is 4.21. The van der Waals surface area contributed by atoms with Gasteiger partial charge in [0.15, 0.2) is 0 Å². The number of carbonyl (C=O) groups is 1. The van der Waals surface area contributed by atoms with Crippen LogP contribution in [0.1, 0.15) is 58.8 Å². The van der Waals surface area contributed by atoms with E-state index in [4.69, 9.17) is 4.74 Å². The maximum Gasteiger partial charge on any atom is 0.326 e. The van der Waals surface area contributed by atoms with Crippen molar-refractivity contribution in [3.05, 3.63) is 0 Å². The van der Waals surface area contributed by atoms with Gasteiger partial charge in [-0.25, -0.2) is 0 Å². The molecule has 2 atom stereocenters. The van der Waals surface area contributed by atoms with E-state index in [9.17, 15) is 4.79 Å². The van der Waals surface area contributed by atoms with E-state index in [0.29, 0.717) is 17.5 Å². The lowest BCUT2D eigenvalue weighted by Crippen LogP contribution is -2.59. The zero-order chi connectivity index (χ0) is 15.1. The summed E-state index contributed by atoms with van der Waals surface area (Å²) in [6.45, 7) is 7.05. The summed E-state index contributed by atoms with van der Waals surface area (Å²) in [7, 11) is 1.53. The average Bonchev–Trinajstić information content (AvgIpc) is 3.19. The monoisotopic (exact) mass is 294 g/mol. The van der Waals surface area contributed by atoms with Gasteiger partial charge >= 0.3 is 5.97 Å². The van der Waals surface area contributed by atoms with E-state index in [1.54, 1.807) is 0 Å². The van der Waals surface area contributed by atoms with Crippen molar-refractivity contribution in [2.75, 3.05) is 20.2 Å². The Kier molecular flexibility index (Phi) is 4.04. The van der Waals surface area contributed by atoms with Crippen LogP contribution in [0.5, 0.6) is 0 Å². The van der Waals surface area contributed by atoms with Crippen molar-refractivity contribution in [1.29, 1.82) is 0 Å². The van der Waals surface area contributed by atoms with Crippen molar-refractivity contribution in [3.8, 4) is 0 Å². The molecule has 0 radical (unpaired) electrons. The first-order chi connectivity index (χ1) is 9.94. The third-order valence-corrected chi connectivity index (χ3v) is 5.58. The van der Waals surface area contributed by atoms with E-state index in [-0.39, 0.29) is 5.97 Å². The normalized spacial score (nSPS) is 36.6. The maximum atomic E-state index is 12.4. The topological polar surface area (TPSA) is 41.6 Å². The summed E-state index contributed by atoms with van der Waals surface area (Å²) >= 11 is 0. The van der Waals surface area contributed by atoms with E-state index < -0.39 is 5.54 Å². The van der Waals surface area contributed by atoms with Crippen LogP contribution in [-0.4, -0.2) is 48.7 Å². The molecule has 1 aliphatic heterocycles. The Morgan fingerprint density at radius 2 is 2.00 bits per heavy atom. The fourth-order valence-corrected chi connectivity index (χ4v) is 4.21.